The molecule has 0 unspecified atom stereocenters. The van der Waals surface area contributed by atoms with Gasteiger partial charge in [0.25, 0.3) is 0 Å². The first-order valence-electron chi connectivity index (χ1n) is 7.10. The van der Waals surface area contributed by atoms with Crippen LogP contribution in [0.3, 0.4) is 0 Å². The number of hydrogen-bond acceptors (Lipinski definition) is 3. The van der Waals surface area contributed by atoms with Crippen LogP contribution in [0.25, 0.3) is 6.08 Å². The highest BCUT2D eigenvalue weighted by Crippen LogP contribution is 2.29. The molecule has 0 saturated heterocycles. The molecule has 25 heavy (non-hydrogen) atoms. The molecule has 1 N–H and O–H groups in total. The Bertz CT molecular complexity index is 793. The van der Waals surface area contributed by atoms with E-state index in [-0.39, 0.29) is 5.56 Å². The summed E-state index contributed by atoms with van der Waals surface area (Å²) in [5.74, 6) is -1.31. The minimum atomic E-state index is -4.51. The molecule has 0 spiro atoms. The van der Waals surface area contributed by atoms with E-state index in [1.165, 1.54) is 36.4 Å². The normalized spacial score (nSPS) is 11.5. The lowest BCUT2D eigenvalue weighted by atomic mass is 10.1. The third-order valence-electron chi connectivity index (χ3n) is 3.14. The zero-order chi connectivity index (χ0) is 18.4. The Morgan fingerprint density at radius 3 is 2.36 bits per heavy atom. The third kappa shape index (κ3) is 5.49. The molecule has 0 fully saturated rings. The van der Waals surface area contributed by atoms with Crippen LogP contribution in [0.15, 0.2) is 54.6 Å². The lowest BCUT2D eigenvalue weighted by Crippen LogP contribution is -2.09. The highest BCUT2D eigenvalue weighted by molar-refractivity contribution is 6.06. The number of halogens is 3. The van der Waals surface area contributed by atoms with Gasteiger partial charge in [-0.2, -0.15) is 13.2 Å². The van der Waals surface area contributed by atoms with Crippen molar-refractivity contribution in [1.29, 1.82) is 0 Å². The number of ether oxygens (including phenoxy) is 1. The van der Waals surface area contributed by atoms with Crippen molar-refractivity contribution >= 4 is 17.8 Å². The second-order valence-corrected chi connectivity index (χ2v) is 5.03. The van der Waals surface area contributed by atoms with Gasteiger partial charge in [0, 0.05) is 5.56 Å². The van der Waals surface area contributed by atoms with Crippen molar-refractivity contribution in [2.45, 2.75) is 6.18 Å². The molecule has 0 aliphatic carbocycles. The number of carboxylic acid groups (broad SMARTS) is 1. The Morgan fingerprint density at radius 1 is 1.08 bits per heavy atom. The zero-order valence-corrected chi connectivity index (χ0v) is 12.8. The predicted octanol–water partition coefficient (Wildman–Crippen LogP) is 4.06. The SMILES string of the molecule is O=C(O)COc1ccc(/C=C/C(=O)c2cccc(C(F)(F)F)c2)cc1. The Morgan fingerprint density at radius 2 is 1.76 bits per heavy atom. The van der Waals surface area contributed by atoms with E-state index in [4.69, 9.17) is 9.84 Å². The molecule has 0 amide bonds. The van der Waals surface area contributed by atoms with Gasteiger partial charge < -0.3 is 9.84 Å². The molecular weight excluding hydrogens is 337 g/mol. The zero-order valence-electron chi connectivity index (χ0n) is 12.8. The summed E-state index contributed by atoms with van der Waals surface area (Å²) in [6, 6.07) is 10.4. The van der Waals surface area contributed by atoms with Crippen molar-refractivity contribution in [1.82, 2.24) is 0 Å². The van der Waals surface area contributed by atoms with E-state index in [1.807, 2.05) is 0 Å². The first-order chi connectivity index (χ1) is 11.8. The van der Waals surface area contributed by atoms with Crippen molar-refractivity contribution in [3.05, 3.63) is 71.3 Å². The molecule has 0 aliphatic rings. The topological polar surface area (TPSA) is 63.6 Å². The molecule has 2 rings (SSSR count). The quantitative estimate of drug-likeness (QED) is 0.630. The second-order valence-electron chi connectivity index (χ2n) is 5.03. The molecule has 130 valence electrons. The molecule has 2 aromatic rings. The van der Waals surface area contributed by atoms with Crippen LogP contribution in [0.5, 0.6) is 5.75 Å². The predicted molar refractivity (Wildman–Crippen MR) is 84.4 cm³/mol. The van der Waals surface area contributed by atoms with Gasteiger partial charge in [-0.1, -0.05) is 30.3 Å². The number of carbonyl (C=O) groups excluding carboxylic acids is 1. The van der Waals surface area contributed by atoms with E-state index in [9.17, 15) is 22.8 Å². The lowest BCUT2D eigenvalue weighted by molar-refractivity contribution is -0.139. The first-order valence-corrected chi connectivity index (χ1v) is 7.10. The maximum absolute atomic E-state index is 12.7. The van der Waals surface area contributed by atoms with Crippen LogP contribution in [0.1, 0.15) is 21.5 Å². The maximum Gasteiger partial charge on any atom is 0.416 e. The molecule has 0 heterocycles. The fourth-order valence-electron chi connectivity index (χ4n) is 1.94. The molecule has 2 aromatic carbocycles. The van der Waals surface area contributed by atoms with Crippen LogP contribution in [-0.2, 0) is 11.0 Å². The van der Waals surface area contributed by atoms with Crippen LogP contribution in [-0.4, -0.2) is 23.5 Å². The van der Waals surface area contributed by atoms with Crippen LogP contribution >= 0.6 is 0 Å². The fourth-order valence-corrected chi connectivity index (χ4v) is 1.94. The van der Waals surface area contributed by atoms with Gasteiger partial charge in [0.05, 0.1) is 5.56 Å². The third-order valence-corrected chi connectivity index (χ3v) is 3.14. The van der Waals surface area contributed by atoms with Crippen LogP contribution in [0, 0.1) is 0 Å². The van der Waals surface area contributed by atoms with Crippen molar-refractivity contribution in [2.24, 2.45) is 0 Å². The molecule has 0 bridgehead atoms. The summed E-state index contributed by atoms with van der Waals surface area (Å²) >= 11 is 0. The summed E-state index contributed by atoms with van der Waals surface area (Å²) in [6.07, 6.45) is -1.89. The van der Waals surface area contributed by atoms with Crippen LogP contribution in [0.4, 0.5) is 13.2 Å². The Balaban J connectivity index is 2.06. The summed E-state index contributed by atoms with van der Waals surface area (Å²) in [5, 5.41) is 8.51. The van der Waals surface area contributed by atoms with Crippen LogP contribution < -0.4 is 4.74 Å². The molecule has 4 nitrogen and oxygen atoms in total. The van der Waals surface area contributed by atoms with Gasteiger partial charge in [-0.15, -0.1) is 0 Å². The van der Waals surface area contributed by atoms with Crippen LogP contribution in [0.2, 0.25) is 0 Å². The maximum atomic E-state index is 12.7. The van der Waals surface area contributed by atoms with E-state index in [0.29, 0.717) is 11.3 Å². The van der Waals surface area contributed by atoms with Gasteiger partial charge in [0.15, 0.2) is 12.4 Å². The van der Waals surface area contributed by atoms with E-state index >= 15 is 0 Å². The van der Waals surface area contributed by atoms with Gasteiger partial charge in [-0.05, 0) is 35.9 Å². The highest BCUT2D eigenvalue weighted by atomic mass is 19.4. The lowest BCUT2D eigenvalue weighted by Gasteiger charge is -2.07. The van der Waals surface area contributed by atoms with E-state index in [1.54, 1.807) is 12.1 Å². The Labute approximate surface area is 141 Å². The summed E-state index contributed by atoms with van der Waals surface area (Å²) in [4.78, 5) is 22.4. The van der Waals surface area contributed by atoms with E-state index in [0.717, 1.165) is 12.1 Å². The molecule has 0 radical (unpaired) electrons. The number of alkyl halides is 3. The summed E-state index contributed by atoms with van der Waals surface area (Å²) in [5.41, 5.74) is -0.331. The number of ketones is 1. The molecule has 0 aliphatic heterocycles. The van der Waals surface area contributed by atoms with Crippen molar-refractivity contribution in [3.8, 4) is 5.75 Å². The van der Waals surface area contributed by atoms with Gasteiger partial charge in [-0.3, -0.25) is 4.79 Å². The molecule has 0 atom stereocenters. The van der Waals surface area contributed by atoms with Crippen molar-refractivity contribution < 1.29 is 32.6 Å². The van der Waals surface area contributed by atoms with Crippen molar-refractivity contribution in [3.63, 3.8) is 0 Å². The Kier molecular flexibility index (Phi) is 5.59. The molecule has 0 saturated carbocycles. The molecule has 0 aromatic heterocycles. The van der Waals surface area contributed by atoms with Gasteiger partial charge in [0.1, 0.15) is 5.75 Å². The number of carbonyl (C=O) groups is 2. The molecular formula is C18H13F3O4. The number of allylic oxidation sites excluding steroid dienone is 1. The van der Waals surface area contributed by atoms with Gasteiger partial charge >= 0.3 is 12.1 Å². The van der Waals surface area contributed by atoms with Gasteiger partial charge in [-0.25, -0.2) is 4.79 Å². The highest BCUT2D eigenvalue weighted by Gasteiger charge is 2.30. The average molecular weight is 350 g/mol. The minimum Gasteiger partial charge on any atom is -0.482 e. The van der Waals surface area contributed by atoms with E-state index in [2.05, 4.69) is 0 Å². The summed E-state index contributed by atoms with van der Waals surface area (Å²) in [6.45, 7) is -0.469. The number of aliphatic carboxylic acids is 1. The standard InChI is InChI=1S/C18H13F3O4/c19-18(20,21)14-3-1-2-13(10-14)16(22)9-6-12-4-7-15(8-5-12)25-11-17(23)24/h1-10H,11H2,(H,23,24)/b9-6+. The number of benzene rings is 2. The largest absolute Gasteiger partial charge is 0.482 e. The minimum absolute atomic E-state index is 0.0625. The Hall–Kier alpha value is -3.09. The smallest absolute Gasteiger partial charge is 0.416 e. The monoisotopic (exact) mass is 350 g/mol. The summed E-state index contributed by atoms with van der Waals surface area (Å²) in [7, 11) is 0. The summed E-state index contributed by atoms with van der Waals surface area (Å²) < 4.78 is 42.9. The second kappa shape index (κ2) is 7.65. The number of hydrogen-bond donors (Lipinski definition) is 1. The average Bonchev–Trinajstić information content (AvgIpc) is 2.58. The van der Waals surface area contributed by atoms with Gasteiger partial charge in [0.2, 0.25) is 0 Å². The number of rotatable bonds is 6. The molecule has 7 heteroatoms. The van der Waals surface area contributed by atoms with Crippen molar-refractivity contribution in [2.75, 3.05) is 6.61 Å². The first kappa shape index (κ1) is 18.3. The fraction of sp³-hybridized carbons (Fsp3) is 0.111. The van der Waals surface area contributed by atoms with E-state index < -0.39 is 30.1 Å². The number of carboxylic acids is 1.